The first kappa shape index (κ1) is 16.6. The summed E-state index contributed by atoms with van der Waals surface area (Å²) >= 11 is 1.78. The summed E-state index contributed by atoms with van der Waals surface area (Å²) in [5, 5.41) is 8.80. The van der Waals surface area contributed by atoms with Crippen LogP contribution in [0.4, 0.5) is 0 Å². The van der Waals surface area contributed by atoms with Crippen molar-refractivity contribution >= 4 is 17.3 Å². The first-order valence-electron chi connectivity index (χ1n) is 7.74. The van der Waals surface area contributed by atoms with Gasteiger partial charge in [-0.05, 0) is 44.4 Å². The van der Waals surface area contributed by atoms with E-state index in [1.807, 2.05) is 19.1 Å². The monoisotopic (exact) mass is 319 g/mol. The second kappa shape index (κ2) is 8.03. The van der Waals surface area contributed by atoms with Crippen LogP contribution in [0, 0.1) is 6.92 Å². The zero-order chi connectivity index (χ0) is 15.9. The fraction of sp³-hybridized carbons (Fsp3) is 0.471. The quantitative estimate of drug-likeness (QED) is 0.623. The van der Waals surface area contributed by atoms with E-state index < -0.39 is 0 Å². The van der Waals surface area contributed by atoms with E-state index >= 15 is 0 Å². The van der Waals surface area contributed by atoms with Gasteiger partial charge in [0.2, 0.25) is 0 Å². The molecule has 2 heterocycles. The topological polar surface area (TPSA) is 49.6 Å². The summed E-state index contributed by atoms with van der Waals surface area (Å²) in [5.74, 6) is 3.11. The minimum atomic E-state index is 0.0866. The molecule has 2 aromatic rings. The molecular formula is C17H25N3OS. The van der Waals surface area contributed by atoms with Crippen LogP contribution >= 0.6 is 11.3 Å². The van der Waals surface area contributed by atoms with Crippen LogP contribution in [-0.2, 0) is 0 Å². The molecule has 4 nitrogen and oxygen atoms in total. The Morgan fingerprint density at radius 3 is 2.73 bits per heavy atom. The van der Waals surface area contributed by atoms with Crippen molar-refractivity contribution in [2.75, 3.05) is 13.1 Å². The summed E-state index contributed by atoms with van der Waals surface area (Å²) in [5.41, 5.74) is 0. The number of furan rings is 1. The van der Waals surface area contributed by atoms with Gasteiger partial charge in [-0.2, -0.15) is 0 Å². The Kier molecular flexibility index (Phi) is 6.07. The van der Waals surface area contributed by atoms with E-state index in [0.717, 1.165) is 30.6 Å². The smallest absolute Gasteiger partial charge is 0.191 e. The van der Waals surface area contributed by atoms with Crippen molar-refractivity contribution in [2.45, 2.75) is 39.7 Å². The Morgan fingerprint density at radius 2 is 2.14 bits per heavy atom. The van der Waals surface area contributed by atoms with Crippen molar-refractivity contribution in [3.63, 3.8) is 0 Å². The highest BCUT2D eigenvalue weighted by molar-refractivity contribution is 7.10. The van der Waals surface area contributed by atoms with E-state index in [-0.39, 0.29) is 6.04 Å². The van der Waals surface area contributed by atoms with Gasteiger partial charge in [-0.1, -0.05) is 13.0 Å². The lowest BCUT2D eigenvalue weighted by molar-refractivity contribution is 0.441. The average Bonchev–Trinajstić information content (AvgIpc) is 3.15. The molecule has 0 spiro atoms. The van der Waals surface area contributed by atoms with Crippen molar-refractivity contribution in [3.8, 4) is 0 Å². The Balaban J connectivity index is 1.97. The van der Waals surface area contributed by atoms with Crippen LogP contribution in [0.3, 0.4) is 0 Å². The molecule has 2 N–H and O–H groups in total. The fourth-order valence-electron chi connectivity index (χ4n) is 2.17. The van der Waals surface area contributed by atoms with Gasteiger partial charge in [0, 0.05) is 17.3 Å². The lowest BCUT2D eigenvalue weighted by Crippen LogP contribution is -2.38. The number of rotatable bonds is 6. The van der Waals surface area contributed by atoms with Gasteiger partial charge >= 0.3 is 0 Å². The minimum Gasteiger partial charge on any atom is -0.464 e. The third kappa shape index (κ3) is 4.63. The number of aryl methyl sites for hydroxylation is 1. The highest BCUT2D eigenvalue weighted by Crippen LogP contribution is 2.21. The number of hydrogen-bond acceptors (Lipinski definition) is 3. The third-order valence-electron chi connectivity index (χ3n) is 3.44. The lowest BCUT2D eigenvalue weighted by atomic mass is 10.1. The van der Waals surface area contributed by atoms with Gasteiger partial charge in [0.15, 0.2) is 5.96 Å². The Bertz CT molecular complexity index is 589. The molecule has 0 saturated carbocycles. The highest BCUT2D eigenvalue weighted by atomic mass is 32.1. The first-order chi connectivity index (χ1) is 10.6. The fourth-order valence-corrected chi connectivity index (χ4v) is 2.95. The van der Waals surface area contributed by atoms with Gasteiger partial charge in [0.1, 0.15) is 11.5 Å². The predicted octanol–water partition coefficient (Wildman–Crippen LogP) is 4.07. The average molecular weight is 319 g/mol. The van der Waals surface area contributed by atoms with Crippen LogP contribution in [0.1, 0.15) is 49.1 Å². The molecule has 0 radical (unpaired) electrons. The Morgan fingerprint density at radius 1 is 1.32 bits per heavy atom. The van der Waals surface area contributed by atoms with E-state index in [9.17, 15) is 0 Å². The van der Waals surface area contributed by atoms with Crippen LogP contribution in [-0.4, -0.2) is 19.0 Å². The number of hydrogen-bond donors (Lipinski definition) is 2. The van der Waals surface area contributed by atoms with Crippen molar-refractivity contribution in [1.82, 2.24) is 10.6 Å². The van der Waals surface area contributed by atoms with Crippen molar-refractivity contribution < 1.29 is 4.42 Å². The summed E-state index contributed by atoms with van der Waals surface area (Å²) in [6.07, 6.45) is 0. The largest absolute Gasteiger partial charge is 0.464 e. The number of nitrogens with zero attached hydrogens (tertiary/aromatic N) is 1. The number of nitrogens with one attached hydrogen (secondary N) is 2. The van der Waals surface area contributed by atoms with E-state index in [4.69, 9.17) is 9.41 Å². The molecule has 22 heavy (non-hydrogen) atoms. The highest BCUT2D eigenvalue weighted by Gasteiger charge is 2.12. The number of guanidine groups is 1. The van der Waals surface area contributed by atoms with Gasteiger partial charge in [-0.3, -0.25) is 4.99 Å². The standard InChI is InChI=1S/C17H25N3OS/c1-5-18-17(19-11-12(2)16-7-6-10-22-16)20-14(4)15-9-8-13(3)21-15/h6-10,12,14H,5,11H2,1-4H3,(H2,18,19,20). The number of aliphatic imine (C=N–C) groups is 1. The van der Waals surface area contributed by atoms with Crippen LogP contribution in [0.5, 0.6) is 0 Å². The molecule has 0 aliphatic carbocycles. The van der Waals surface area contributed by atoms with Gasteiger partial charge in [0.25, 0.3) is 0 Å². The van der Waals surface area contributed by atoms with Crippen molar-refractivity contribution in [1.29, 1.82) is 0 Å². The first-order valence-corrected chi connectivity index (χ1v) is 8.62. The third-order valence-corrected chi connectivity index (χ3v) is 4.54. The summed E-state index contributed by atoms with van der Waals surface area (Å²) in [7, 11) is 0. The Labute approximate surface area is 136 Å². The molecule has 120 valence electrons. The maximum atomic E-state index is 5.67. The predicted molar refractivity (Wildman–Crippen MR) is 93.7 cm³/mol. The molecule has 0 saturated heterocycles. The normalized spacial score (nSPS) is 14.6. The van der Waals surface area contributed by atoms with Crippen LogP contribution in [0.2, 0.25) is 0 Å². The molecule has 0 bridgehead atoms. The molecule has 2 atom stereocenters. The molecule has 0 aromatic carbocycles. The second-order valence-corrected chi connectivity index (χ2v) is 6.43. The Hall–Kier alpha value is -1.75. The minimum absolute atomic E-state index is 0.0866. The SMILES string of the molecule is CCNC(=NCC(C)c1cccs1)NC(C)c1ccc(C)o1. The van der Waals surface area contributed by atoms with Crippen LogP contribution < -0.4 is 10.6 Å². The summed E-state index contributed by atoms with van der Waals surface area (Å²) in [6.45, 7) is 9.91. The van der Waals surface area contributed by atoms with E-state index in [1.165, 1.54) is 4.88 Å². The molecule has 5 heteroatoms. The number of thiophene rings is 1. The van der Waals surface area contributed by atoms with Gasteiger partial charge in [-0.15, -0.1) is 11.3 Å². The molecule has 2 aromatic heterocycles. The van der Waals surface area contributed by atoms with Crippen molar-refractivity contribution in [3.05, 3.63) is 46.0 Å². The zero-order valence-corrected chi connectivity index (χ0v) is 14.5. The van der Waals surface area contributed by atoms with E-state index in [2.05, 4.69) is 48.9 Å². The summed E-state index contributed by atoms with van der Waals surface area (Å²) in [4.78, 5) is 6.07. The summed E-state index contributed by atoms with van der Waals surface area (Å²) < 4.78 is 5.67. The summed E-state index contributed by atoms with van der Waals surface area (Å²) in [6, 6.07) is 8.33. The molecule has 0 amide bonds. The van der Waals surface area contributed by atoms with Crippen LogP contribution in [0.15, 0.2) is 39.1 Å². The molecule has 2 rings (SSSR count). The second-order valence-electron chi connectivity index (χ2n) is 5.45. The van der Waals surface area contributed by atoms with Gasteiger partial charge in [-0.25, -0.2) is 0 Å². The lowest BCUT2D eigenvalue weighted by Gasteiger charge is -2.17. The van der Waals surface area contributed by atoms with Gasteiger partial charge in [0.05, 0.1) is 12.6 Å². The molecule has 0 aliphatic rings. The van der Waals surface area contributed by atoms with Crippen LogP contribution in [0.25, 0.3) is 0 Å². The molecule has 0 fully saturated rings. The maximum Gasteiger partial charge on any atom is 0.191 e. The van der Waals surface area contributed by atoms with E-state index in [1.54, 1.807) is 11.3 Å². The zero-order valence-electron chi connectivity index (χ0n) is 13.7. The molecule has 2 unspecified atom stereocenters. The van der Waals surface area contributed by atoms with E-state index in [0.29, 0.717) is 5.92 Å². The van der Waals surface area contributed by atoms with Gasteiger partial charge < -0.3 is 15.1 Å². The van der Waals surface area contributed by atoms with Crippen molar-refractivity contribution in [2.24, 2.45) is 4.99 Å². The maximum absolute atomic E-state index is 5.67. The molecular weight excluding hydrogens is 294 g/mol. The molecule has 0 aliphatic heterocycles.